The molecule has 0 aromatic heterocycles. The van der Waals surface area contributed by atoms with E-state index in [1.54, 1.807) is 6.92 Å². The minimum atomic E-state index is -0.312. The van der Waals surface area contributed by atoms with Gasteiger partial charge in [0.15, 0.2) is 0 Å². The fourth-order valence-corrected chi connectivity index (χ4v) is 4.05. The number of carbonyl (C=O) groups excluding carboxylic acids is 2. The van der Waals surface area contributed by atoms with Gasteiger partial charge in [0.25, 0.3) is 0 Å². The van der Waals surface area contributed by atoms with Crippen LogP contribution in [0, 0.1) is 0 Å². The van der Waals surface area contributed by atoms with E-state index in [2.05, 4.69) is 27.0 Å². The van der Waals surface area contributed by atoms with Crippen molar-refractivity contribution < 1.29 is 19.1 Å². The third-order valence-corrected chi connectivity index (χ3v) is 6.49. The van der Waals surface area contributed by atoms with Gasteiger partial charge in [-0.25, -0.2) is 9.59 Å². The zero-order chi connectivity index (χ0) is 27.8. The van der Waals surface area contributed by atoms with Crippen molar-refractivity contribution in [2.24, 2.45) is 0 Å². The fraction of sp³-hybridized carbons (Fsp3) is 0.818. The molecule has 0 aliphatic rings. The topological polar surface area (TPSA) is 52.6 Å². The molecule has 218 valence electrons. The van der Waals surface area contributed by atoms with Crippen LogP contribution in [0.3, 0.4) is 0 Å². The van der Waals surface area contributed by atoms with Crippen LogP contribution in [-0.4, -0.2) is 25.2 Å². The molecule has 0 saturated carbocycles. The normalized spacial score (nSPS) is 10.4. The molecule has 0 aliphatic heterocycles. The molecule has 4 heteroatoms. The molecule has 0 spiro atoms. The lowest BCUT2D eigenvalue weighted by Gasteiger charge is -2.05. The Morgan fingerprint density at radius 3 is 1.14 bits per heavy atom. The Morgan fingerprint density at radius 1 is 0.541 bits per heavy atom. The SMILES string of the molecule is C=C(C)C(=O)OCCCCCCCCCCCCCCCCCC.C=CC(=O)OCCCCCCCC. The highest BCUT2D eigenvalue weighted by atomic mass is 16.5. The molecule has 0 radical (unpaired) electrons. The molecule has 0 aromatic rings. The predicted octanol–water partition coefficient (Wildman–Crippen LogP) is 10.4. The number of rotatable bonds is 26. The van der Waals surface area contributed by atoms with Gasteiger partial charge >= 0.3 is 11.9 Å². The van der Waals surface area contributed by atoms with E-state index in [0.29, 0.717) is 18.8 Å². The van der Waals surface area contributed by atoms with Crippen LogP contribution >= 0.6 is 0 Å². The molecule has 0 heterocycles. The first-order valence-electron chi connectivity index (χ1n) is 15.6. The van der Waals surface area contributed by atoms with Crippen molar-refractivity contribution in [1.29, 1.82) is 0 Å². The summed E-state index contributed by atoms with van der Waals surface area (Å²) in [4.78, 5) is 21.8. The van der Waals surface area contributed by atoms with Crippen molar-refractivity contribution in [2.75, 3.05) is 13.2 Å². The molecule has 0 atom stereocenters. The van der Waals surface area contributed by atoms with Crippen LogP contribution < -0.4 is 0 Å². The van der Waals surface area contributed by atoms with Gasteiger partial charge in [-0.1, -0.05) is 155 Å². The van der Waals surface area contributed by atoms with Crippen LogP contribution in [0.15, 0.2) is 24.8 Å². The highest BCUT2D eigenvalue weighted by Crippen LogP contribution is 2.13. The zero-order valence-corrected chi connectivity index (χ0v) is 25.1. The lowest BCUT2D eigenvalue weighted by molar-refractivity contribution is -0.139. The second-order valence-corrected chi connectivity index (χ2v) is 10.4. The summed E-state index contributed by atoms with van der Waals surface area (Å²) in [6.45, 7) is 14.2. The van der Waals surface area contributed by atoms with E-state index in [1.807, 2.05) is 0 Å². The third-order valence-electron chi connectivity index (χ3n) is 6.49. The molecule has 37 heavy (non-hydrogen) atoms. The van der Waals surface area contributed by atoms with Crippen LogP contribution in [0.1, 0.15) is 162 Å². The van der Waals surface area contributed by atoms with Crippen molar-refractivity contribution in [3.63, 3.8) is 0 Å². The van der Waals surface area contributed by atoms with Gasteiger partial charge in [-0.2, -0.15) is 0 Å². The average Bonchev–Trinajstić information content (AvgIpc) is 2.89. The standard InChI is InChI=1S/C22H42O2.C11H20O2/c1-4-5-6-7-8-9-10-11-12-13-14-15-16-17-18-19-20-24-22(23)21(2)3;1-3-5-6-7-8-9-10-13-11(12)4-2/h2,4-20H2,1,3H3;4H,2-3,5-10H2,1H3. The molecule has 0 N–H and O–H groups in total. The summed E-state index contributed by atoms with van der Waals surface area (Å²) < 4.78 is 9.92. The molecule has 4 nitrogen and oxygen atoms in total. The van der Waals surface area contributed by atoms with E-state index in [1.165, 1.54) is 128 Å². The summed E-state index contributed by atoms with van der Waals surface area (Å²) in [5.74, 6) is -0.565. The molecular formula is C33H62O4. The second kappa shape index (κ2) is 32.4. The molecule has 0 amide bonds. The lowest BCUT2D eigenvalue weighted by Crippen LogP contribution is -2.05. The van der Waals surface area contributed by atoms with E-state index < -0.39 is 0 Å². The summed E-state index contributed by atoms with van der Waals surface area (Å²) >= 11 is 0. The van der Waals surface area contributed by atoms with Gasteiger partial charge in [0.2, 0.25) is 0 Å². The first-order valence-corrected chi connectivity index (χ1v) is 15.6. The van der Waals surface area contributed by atoms with Crippen LogP contribution in [0.25, 0.3) is 0 Å². The zero-order valence-electron chi connectivity index (χ0n) is 25.1. The Bertz CT molecular complexity index is 526. The largest absolute Gasteiger partial charge is 0.463 e. The summed E-state index contributed by atoms with van der Waals surface area (Å²) in [7, 11) is 0. The van der Waals surface area contributed by atoms with E-state index in [4.69, 9.17) is 9.47 Å². The molecule has 0 bridgehead atoms. The molecule has 0 saturated heterocycles. The van der Waals surface area contributed by atoms with Gasteiger partial charge in [-0.05, 0) is 19.8 Å². The maximum Gasteiger partial charge on any atom is 0.333 e. The van der Waals surface area contributed by atoms with Crippen molar-refractivity contribution in [2.45, 2.75) is 162 Å². The number of carbonyl (C=O) groups is 2. The monoisotopic (exact) mass is 522 g/mol. The maximum absolute atomic E-state index is 11.2. The quantitative estimate of drug-likeness (QED) is 0.0644. The van der Waals surface area contributed by atoms with Crippen LogP contribution in [-0.2, 0) is 19.1 Å². The van der Waals surface area contributed by atoms with Crippen molar-refractivity contribution in [1.82, 2.24) is 0 Å². The van der Waals surface area contributed by atoms with Gasteiger partial charge in [-0.3, -0.25) is 0 Å². The summed E-state index contributed by atoms with van der Waals surface area (Å²) in [6.07, 6.45) is 30.2. The van der Waals surface area contributed by atoms with Crippen molar-refractivity contribution >= 4 is 11.9 Å². The van der Waals surface area contributed by atoms with E-state index >= 15 is 0 Å². The summed E-state index contributed by atoms with van der Waals surface area (Å²) in [5.41, 5.74) is 0.492. The Morgan fingerprint density at radius 2 is 0.838 bits per heavy atom. The molecule has 0 fully saturated rings. The fourth-order valence-electron chi connectivity index (χ4n) is 4.05. The van der Waals surface area contributed by atoms with Crippen LogP contribution in [0.5, 0.6) is 0 Å². The molecule has 0 unspecified atom stereocenters. The van der Waals surface area contributed by atoms with Gasteiger partial charge in [0.1, 0.15) is 0 Å². The minimum Gasteiger partial charge on any atom is -0.463 e. The molecular weight excluding hydrogens is 460 g/mol. The Labute approximate surface area is 231 Å². The van der Waals surface area contributed by atoms with Crippen LogP contribution in [0.4, 0.5) is 0 Å². The van der Waals surface area contributed by atoms with Gasteiger partial charge in [0.05, 0.1) is 13.2 Å². The van der Waals surface area contributed by atoms with Gasteiger partial charge in [0, 0.05) is 11.6 Å². The Kier molecular flexibility index (Phi) is 33.0. The number of hydrogen-bond acceptors (Lipinski definition) is 4. The summed E-state index contributed by atoms with van der Waals surface area (Å²) in [5, 5.41) is 0. The number of ether oxygens (including phenoxy) is 2. The van der Waals surface area contributed by atoms with Gasteiger partial charge < -0.3 is 9.47 Å². The number of hydrogen-bond donors (Lipinski definition) is 0. The Balaban J connectivity index is 0. The average molecular weight is 523 g/mol. The highest BCUT2D eigenvalue weighted by Gasteiger charge is 2.01. The number of esters is 2. The van der Waals surface area contributed by atoms with E-state index in [0.717, 1.165) is 19.3 Å². The van der Waals surface area contributed by atoms with Crippen LogP contribution in [0.2, 0.25) is 0 Å². The van der Waals surface area contributed by atoms with Gasteiger partial charge in [-0.15, -0.1) is 0 Å². The molecule has 0 rings (SSSR count). The first-order chi connectivity index (χ1) is 18.0. The minimum absolute atomic E-state index is 0.254. The van der Waals surface area contributed by atoms with E-state index in [9.17, 15) is 9.59 Å². The maximum atomic E-state index is 11.2. The summed E-state index contributed by atoms with van der Waals surface area (Å²) in [6, 6.07) is 0. The predicted molar refractivity (Wildman–Crippen MR) is 160 cm³/mol. The first kappa shape index (κ1) is 37.6. The third kappa shape index (κ3) is 34.4. The lowest BCUT2D eigenvalue weighted by atomic mass is 10.0. The number of unbranched alkanes of at least 4 members (excludes halogenated alkanes) is 20. The molecule has 0 aromatic carbocycles. The molecule has 0 aliphatic carbocycles. The Hall–Kier alpha value is -1.58. The van der Waals surface area contributed by atoms with Crippen molar-refractivity contribution in [3.8, 4) is 0 Å². The van der Waals surface area contributed by atoms with E-state index in [-0.39, 0.29) is 11.9 Å². The second-order valence-electron chi connectivity index (χ2n) is 10.4. The smallest absolute Gasteiger partial charge is 0.333 e. The highest BCUT2D eigenvalue weighted by molar-refractivity contribution is 5.86. The van der Waals surface area contributed by atoms with Crippen molar-refractivity contribution in [3.05, 3.63) is 24.8 Å².